The summed E-state index contributed by atoms with van der Waals surface area (Å²) in [5.41, 5.74) is 0.563. The number of fused-ring (bicyclic) bond motifs is 2. The Morgan fingerprint density at radius 2 is 1.88 bits per heavy atom. The summed E-state index contributed by atoms with van der Waals surface area (Å²) < 4.78 is 63.7. The molecule has 0 saturated carbocycles. The van der Waals surface area contributed by atoms with Gasteiger partial charge in [-0.15, -0.1) is 0 Å². The molecule has 13 heteroatoms. The van der Waals surface area contributed by atoms with Gasteiger partial charge in [-0.25, -0.2) is 12.8 Å². The van der Waals surface area contributed by atoms with E-state index in [1.807, 2.05) is 0 Å². The van der Waals surface area contributed by atoms with Gasteiger partial charge in [-0.3, -0.25) is 18.9 Å². The number of hydrogen-bond donors (Lipinski definition) is 2. The van der Waals surface area contributed by atoms with Crippen LogP contribution in [0.25, 0.3) is 0 Å². The van der Waals surface area contributed by atoms with E-state index in [0.29, 0.717) is 16.7 Å². The third-order valence-corrected chi connectivity index (χ3v) is 10.0. The van der Waals surface area contributed by atoms with E-state index in [9.17, 15) is 27.0 Å². The lowest BCUT2D eigenvalue weighted by Crippen LogP contribution is -2.52. The van der Waals surface area contributed by atoms with E-state index in [1.54, 1.807) is 38.1 Å². The topological polar surface area (TPSA) is 131 Å². The number of amidine groups is 1. The van der Waals surface area contributed by atoms with E-state index in [0.717, 1.165) is 6.26 Å². The van der Waals surface area contributed by atoms with Crippen molar-refractivity contribution >= 4 is 63.2 Å². The van der Waals surface area contributed by atoms with Crippen molar-refractivity contribution in [3.63, 3.8) is 0 Å². The maximum Gasteiger partial charge on any atom is 0.348 e. The monoisotopic (exact) mass is 617 g/mol. The smallest absolute Gasteiger partial charge is 0.342 e. The Morgan fingerprint density at radius 3 is 2.56 bits per heavy atom. The van der Waals surface area contributed by atoms with Gasteiger partial charge in [0.25, 0.3) is 0 Å². The molecule has 0 spiro atoms. The fourth-order valence-electron chi connectivity index (χ4n) is 5.30. The van der Waals surface area contributed by atoms with E-state index < -0.39 is 46.3 Å². The van der Waals surface area contributed by atoms with E-state index >= 15 is 0 Å². The summed E-state index contributed by atoms with van der Waals surface area (Å²) >= 11 is 6.02. The van der Waals surface area contributed by atoms with Crippen molar-refractivity contribution in [2.24, 2.45) is 10.7 Å². The minimum atomic E-state index is -4.05. The van der Waals surface area contributed by atoms with Crippen molar-refractivity contribution in [3.8, 4) is 0 Å². The minimum Gasteiger partial charge on any atom is -0.342 e. The molecule has 2 aliphatic rings. The Kier molecular flexibility index (Phi) is 7.44. The molecule has 3 unspecified atom stereocenters. The summed E-state index contributed by atoms with van der Waals surface area (Å²) in [6, 6.07) is 15.2. The molecule has 0 bridgehead atoms. The SMILES string of the molecule is CCOP1(=O)N=C(C2C(=O)c3ccccc3C(C)(Cc3ccc(F)c(Cl)c3)C2=O)Nc2ccc(NS(C)(=O)=O)cc21. The Labute approximate surface area is 241 Å². The second kappa shape index (κ2) is 10.5. The molecule has 3 atom stereocenters. The fraction of sp³-hybridized carbons (Fsp3) is 0.250. The molecule has 3 aromatic carbocycles. The third-order valence-electron chi connectivity index (χ3n) is 7.08. The predicted molar refractivity (Wildman–Crippen MR) is 157 cm³/mol. The molecule has 214 valence electrons. The number of Topliss-reactive ketones (excluding diaryl/α,β-unsaturated/α-hetero) is 2. The standard InChI is InChI=1S/C28H26ClFN3O6PS/c1-4-39-40(36)23-14-17(33-41(3,37)38)10-12-22(23)31-27(32-40)24-25(34)18-7-5-6-8-19(18)28(2,26(24)35)15-16-9-11-21(30)20(29)13-16/h5-14,24,33H,4,15H2,1-3H3,(H,31,32,36). The Balaban J connectivity index is 1.62. The number of rotatable bonds is 7. The summed E-state index contributed by atoms with van der Waals surface area (Å²) in [6.45, 7) is 3.32. The number of nitrogens with one attached hydrogen (secondary N) is 2. The first kappa shape index (κ1) is 29.1. The molecule has 0 radical (unpaired) electrons. The first-order valence-electron chi connectivity index (χ1n) is 12.6. The second-order valence-corrected chi connectivity index (χ2v) is 14.3. The van der Waals surface area contributed by atoms with Crippen molar-refractivity contribution in [1.29, 1.82) is 0 Å². The number of ketones is 2. The highest BCUT2D eigenvalue weighted by Crippen LogP contribution is 2.53. The van der Waals surface area contributed by atoms with Gasteiger partial charge in [-0.05, 0) is 61.7 Å². The molecular formula is C28H26ClFN3O6PS. The number of anilines is 2. The van der Waals surface area contributed by atoms with Crippen LogP contribution in [-0.2, 0) is 35.7 Å². The normalized spacial score (nSPS) is 23.7. The maximum absolute atomic E-state index is 14.3. The van der Waals surface area contributed by atoms with Crippen molar-refractivity contribution in [2.45, 2.75) is 25.7 Å². The highest BCUT2D eigenvalue weighted by atomic mass is 35.5. The molecule has 5 rings (SSSR count). The zero-order chi connectivity index (χ0) is 29.7. The van der Waals surface area contributed by atoms with Gasteiger partial charge in [-0.2, -0.15) is 4.76 Å². The summed E-state index contributed by atoms with van der Waals surface area (Å²) in [5.74, 6) is -3.18. The van der Waals surface area contributed by atoms with Gasteiger partial charge < -0.3 is 9.84 Å². The van der Waals surface area contributed by atoms with Crippen LogP contribution in [0, 0.1) is 11.7 Å². The van der Waals surface area contributed by atoms with Crippen molar-refractivity contribution in [2.75, 3.05) is 22.9 Å². The van der Waals surface area contributed by atoms with Gasteiger partial charge in [0.2, 0.25) is 10.0 Å². The van der Waals surface area contributed by atoms with Gasteiger partial charge in [0.1, 0.15) is 17.6 Å². The lowest BCUT2D eigenvalue weighted by Gasteiger charge is -2.39. The van der Waals surface area contributed by atoms with Gasteiger partial charge in [-0.1, -0.05) is 41.9 Å². The molecule has 1 heterocycles. The molecule has 9 nitrogen and oxygen atoms in total. The highest BCUT2D eigenvalue weighted by molar-refractivity contribution is 7.92. The first-order valence-corrected chi connectivity index (χ1v) is 16.5. The number of carbonyl (C=O) groups excluding carboxylic acids is 2. The van der Waals surface area contributed by atoms with Gasteiger partial charge in [0, 0.05) is 11.3 Å². The molecule has 0 saturated heterocycles. The number of carbonyl (C=O) groups is 2. The van der Waals surface area contributed by atoms with Crippen LogP contribution in [-0.4, -0.2) is 38.7 Å². The molecule has 1 aliphatic heterocycles. The number of hydrogen-bond acceptors (Lipinski definition) is 7. The predicted octanol–water partition coefficient (Wildman–Crippen LogP) is 5.11. The quantitative estimate of drug-likeness (QED) is 0.278. The average molecular weight is 618 g/mol. The highest BCUT2D eigenvalue weighted by Gasteiger charge is 2.52. The second-order valence-electron chi connectivity index (χ2n) is 10.1. The van der Waals surface area contributed by atoms with Crippen LogP contribution in [0.2, 0.25) is 5.02 Å². The van der Waals surface area contributed by atoms with E-state index in [1.165, 1.54) is 36.4 Å². The molecule has 3 aromatic rings. The van der Waals surface area contributed by atoms with Crippen LogP contribution in [0.3, 0.4) is 0 Å². The molecule has 1 aliphatic carbocycles. The largest absolute Gasteiger partial charge is 0.348 e. The molecule has 41 heavy (non-hydrogen) atoms. The summed E-state index contributed by atoms with van der Waals surface area (Å²) in [5, 5.41) is 2.99. The van der Waals surface area contributed by atoms with E-state index in [-0.39, 0.29) is 40.6 Å². The number of sulfonamides is 1. The average Bonchev–Trinajstić information content (AvgIpc) is 2.90. The number of benzene rings is 3. The summed E-state index contributed by atoms with van der Waals surface area (Å²) in [7, 11) is -7.67. The van der Waals surface area contributed by atoms with Crippen LogP contribution in [0.1, 0.15) is 35.3 Å². The molecule has 0 amide bonds. The maximum atomic E-state index is 14.3. The first-order chi connectivity index (χ1) is 19.3. The Morgan fingerprint density at radius 1 is 1.15 bits per heavy atom. The van der Waals surface area contributed by atoms with Crippen LogP contribution in [0.5, 0.6) is 0 Å². The van der Waals surface area contributed by atoms with Crippen LogP contribution < -0.4 is 15.3 Å². The molecule has 2 N–H and O–H groups in total. The zero-order valence-corrected chi connectivity index (χ0v) is 24.7. The Bertz CT molecular complexity index is 1800. The molecule has 0 aromatic heterocycles. The van der Waals surface area contributed by atoms with Gasteiger partial charge >= 0.3 is 7.52 Å². The van der Waals surface area contributed by atoms with E-state index in [4.69, 9.17) is 16.1 Å². The lowest BCUT2D eigenvalue weighted by molar-refractivity contribution is -0.125. The van der Waals surface area contributed by atoms with Crippen molar-refractivity contribution in [1.82, 2.24) is 0 Å². The van der Waals surface area contributed by atoms with Crippen LogP contribution in [0.15, 0.2) is 65.4 Å². The fourth-order valence-corrected chi connectivity index (χ4v) is 7.90. The van der Waals surface area contributed by atoms with Gasteiger partial charge in [0.05, 0.1) is 34.3 Å². The summed E-state index contributed by atoms with van der Waals surface area (Å²) in [6.07, 6.45) is 1.10. The van der Waals surface area contributed by atoms with Crippen molar-refractivity contribution < 1.29 is 31.5 Å². The molecular weight excluding hydrogens is 592 g/mol. The zero-order valence-electron chi connectivity index (χ0n) is 22.3. The lowest BCUT2D eigenvalue weighted by atomic mass is 9.63. The van der Waals surface area contributed by atoms with Crippen molar-refractivity contribution in [3.05, 3.63) is 88.2 Å². The third kappa shape index (κ3) is 5.35. The number of nitrogens with zero attached hydrogens (tertiary/aromatic N) is 1. The van der Waals surface area contributed by atoms with Crippen LogP contribution >= 0.6 is 19.1 Å². The van der Waals surface area contributed by atoms with E-state index in [2.05, 4.69) is 14.8 Å². The number of halogens is 2. The van der Waals surface area contributed by atoms with Gasteiger partial charge in [0.15, 0.2) is 11.6 Å². The van der Waals surface area contributed by atoms with Crippen LogP contribution in [0.4, 0.5) is 15.8 Å². The molecule has 0 fully saturated rings. The Hall–Kier alpha value is -3.37. The minimum absolute atomic E-state index is 0.00430. The summed E-state index contributed by atoms with van der Waals surface area (Å²) in [4.78, 5) is 28.1.